The van der Waals surface area contributed by atoms with Gasteiger partial charge in [0.05, 0.1) is 5.56 Å². The fourth-order valence-electron chi connectivity index (χ4n) is 1.67. The van der Waals surface area contributed by atoms with Gasteiger partial charge in [0.25, 0.3) is 0 Å². The van der Waals surface area contributed by atoms with E-state index in [0.717, 1.165) is 17.0 Å². The molecule has 0 aliphatic rings. The summed E-state index contributed by atoms with van der Waals surface area (Å²) in [7, 11) is 0. The van der Waals surface area contributed by atoms with Crippen molar-refractivity contribution in [1.82, 2.24) is 0 Å². The molecule has 1 aromatic heterocycles. The van der Waals surface area contributed by atoms with Gasteiger partial charge >= 0.3 is 6.18 Å². The van der Waals surface area contributed by atoms with Crippen LogP contribution in [-0.2, 0) is 12.7 Å². The van der Waals surface area contributed by atoms with E-state index in [-0.39, 0.29) is 6.54 Å². The second-order valence-corrected chi connectivity index (χ2v) is 4.65. The number of hydrogen-bond donors (Lipinski definition) is 1. The first kappa shape index (κ1) is 13.0. The molecule has 1 heterocycles. The zero-order valence-corrected chi connectivity index (χ0v) is 9.91. The molecule has 0 unspecified atom stereocenters. The van der Waals surface area contributed by atoms with Gasteiger partial charge in [-0.05, 0) is 34.7 Å². The molecule has 1 aromatic carbocycles. The van der Waals surface area contributed by atoms with E-state index in [0.29, 0.717) is 11.1 Å². The molecule has 1 nitrogen and oxygen atoms in total. The smallest absolute Gasteiger partial charge is 0.326 e. The van der Waals surface area contributed by atoms with Gasteiger partial charge in [0.2, 0.25) is 0 Å². The molecule has 0 atom stereocenters. The maximum Gasteiger partial charge on any atom is 0.419 e. The molecule has 18 heavy (non-hydrogen) atoms. The highest BCUT2D eigenvalue weighted by Crippen LogP contribution is 2.36. The lowest BCUT2D eigenvalue weighted by Crippen LogP contribution is -2.08. The average Bonchev–Trinajstić information content (AvgIpc) is 2.76. The summed E-state index contributed by atoms with van der Waals surface area (Å²) in [5.41, 5.74) is 5.19. The first-order valence-electron chi connectivity index (χ1n) is 5.07. The lowest BCUT2D eigenvalue weighted by Gasteiger charge is -2.10. The van der Waals surface area contributed by atoms with E-state index in [2.05, 4.69) is 0 Å². The first-order chi connectivity index (χ1) is 8.43. The van der Waals surface area contributed by atoms with E-state index in [1.165, 1.54) is 17.4 Å². The number of hydrogen-bond acceptors (Lipinski definition) is 2. The molecule has 0 radical (unpaired) electrons. The highest BCUT2D eigenvalue weighted by Gasteiger charge is 2.34. The molecule has 0 saturated heterocycles. The molecule has 0 aliphatic carbocycles. The van der Waals surface area contributed by atoms with Crippen LogP contribution in [0.2, 0.25) is 0 Å². The van der Waals surface area contributed by atoms with Gasteiger partial charge in [-0.1, -0.05) is 6.07 Å². The van der Waals surface area contributed by atoms with E-state index in [4.69, 9.17) is 5.73 Å². The van der Waals surface area contributed by atoms with Crippen molar-refractivity contribution in [1.29, 1.82) is 0 Å². The van der Waals surface area contributed by atoms with E-state index in [1.807, 2.05) is 0 Å². The Morgan fingerprint density at radius 1 is 1.17 bits per heavy atom. The Hall–Kier alpha value is -1.40. The first-order valence-corrected chi connectivity index (χ1v) is 5.95. The maximum atomic E-state index is 13.1. The highest BCUT2D eigenvalue weighted by molar-refractivity contribution is 7.10. The van der Waals surface area contributed by atoms with Crippen LogP contribution >= 0.6 is 11.3 Å². The number of halogens is 4. The molecule has 0 fully saturated rings. The minimum atomic E-state index is -4.70. The van der Waals surface area contributed by atoms with Gasteiger partial charge in [-0.3, -0.25) is 0 Å². The second kappa shape index (κ2) is 4.70. The van der Waals surface area contributed by atoms with Crippen molar-refractivity contribution in [2.75, 3.05) is 0 Å². The lowest BCUT2D eigenvalue weighted by atomic mass is 10.0. The zero-order chi connectivity index (χ0) is 13.3. The van der Waals surface area contributed by atoms with Gasteiger partial charge in [-0.2, -0.15) is 13.2 Å². The summed E-state index contributed by atoms with van der Waals surface area (Å²) < 4.78 is 50.9. The van der Waals surface area contributed by atoms with Crippen molar-refractivity contribution in [2.45, 2.75) is 12.7 Å². The number of benzene rings is 1. The van der Waals surface area contributed by atoms with Crippen LogP contribution in [0.15, 0.2) is 29.6 Å². The Balaban J connectivity index is 2.54. The van der Waals surface area contributed by atoms with Crippen LogP contribution in [-0.4, -0.2) is 0 Å². The summed E-state index contributed by atoms with van der Waals surface area (Å²) in [5, 5.41) is 1.74. The molecular formula is C12H9F4NS. The molecule has 2 rings (SSSR count). The molecular weight excluding hydrogens is 266 g/mol. The van der Waals surface area contributed by atoms with Crippen LogP contribution < -0.4 is 5.73 Å². The van der Waals surface area contributed by atoms with Crippen molar-refractivity contribution in [3.8, 4) is 11.1 Å². The lowest BCUT2D eigenvalue weighted by molar-refractivity contribution is -0.139. The van der Waals surface area contributed by atoms with Gasteiger partial charge in [-0.25, -0.2) is 4.39 Å². The van der Waals surface area contributed by atoms with Crippen molar-refractivity contribution in [2.24, 2.45) is 5.73 Å². The number of rotatable bonds is 2. The zero-order valence-electron chi connectivity index (χ0n) is 9.09. The van der Waals surface area contributed by atoms with Crippen LogP contribution in [0.4, 0.5) is 17.6 Å². The number of nitrogens with two attached hydrogens (primary N) is 1. The normalized spacial score (nSPS) is 11.8. The van der Waals surface area contributed by atoms with E-state index in [9.17, 15) is 17.6 Å². The molecule has 0 bridgehead atoms. The average molecular weight is 275 g/mol. The van der Waals surface area contributed by atoms with Crippen molar-refractivity contribution in [3.63, 3.8) is 0 Å². The predicted molar refractivity (Wildman–Crippen MR) is 62.6 cm³/mol. The Bertz CT molecular complexity index is 559. The third-order valence-electron chi connectivity index (χ3n) is 2.51. The number of alkyl halides is 3. The van der Waals surface area contributed by atoms with Gasteiger partial charge < -0.3 is 5.73 Å². The molecule has 2 N–H and O–H groups in total. The van der Waals surface area contributed by atoms with Crippen LogP contribution in [0.25, 0.3) is 11.1 Å². The molecule has 0 amide bonds. The van der Waals surface area contributed by atoms with E-state index in [1.54, 1.807) is 11.4 Å². The molecule has 0 aliphatic heterocycles. The monoisotopic (exact) mass is 275 g/mol. The largest absolute Gasteiger partial charge is 0.419 e. The van der Waals surface area contributed by atoms with Crippen LogP contribution in [0.3, 0.4) is 0 Å². The summed E-state index contributed by atoms with van der Waals surface area (Å²) in [5.74, 6) is -1.27. The van der Waals surface area contributed by atoms with Crippen LogP contribution in [0.1, 0.15) is 10.4 Å². The number of thiophene rings is 1. The van der Waals surface area contributed by atoms with Gasteiger partial charge in [-0.15, -0.1) is 11.3 Å². The Morgan fingerprint density at radius 2 is 1.89 bits per heavy atom. The van der Waals surface area contributed by atoms with E-state index < -0.39 is 17.6 Å². The van der Waals surface area contributed by atoms with Crippen LogP contribution in [0, 0.1) is 5.82 Å². The summed E-state index contributed by atoms with van der Waals surface area (Å²) >= 11 is 1.36. The summed E-state index contributed by atoms with van der Waals surface area (Å²) in [6.07, 6.45) is -4.70. The fourth-order valence-corrected chi connectivity index (χ4v) is 2.44. The standard InChI is InChI=1S/C12H9F4NS/c13-10-2-1-7(5-9(10)12(14,15)16)8-3-4-18-11(8)6-17/h1-5H,6,17H2. The molecule has 96 valence electrons. The van der Waals surface area contributed by atoms with E-state index >= 15 is 0 Å². The summed E-state index contributed by atoms with van der Waals surface area (Å²) in [6, 6.07) is 4.65. The molecule has 0 saturated carbocycles. The summed E-state index contributed by atoms with van der Waals surface area (Å²) in [6.45, 7) is 0.242. The maximum absolute atomic E-state index is 13.1. The topological polar surface area (TPSA) is 26.0 Å². The van der Waals surface area contributed by atoms with Crippen molar-refractivity contribution >= 4 is 11.3 Å². The second-order valence-electron chi connectivity index (χ2n) is 3.65. The van der Waals surface area contributed by atoms with Crippen molar-refractivity contribution < 1.29 is 17.6 Å². The fraction of sp³-hybridized carbons (Fsp3) is 0.167. The highest BCUT2D eigenvalue weighted by atomic mass is 32.1. The van der Waals surface area contributed by atoms with Crippen LogP contribution in [0.5, 0.6) is 0 Å². The minimum absolute atomic E-state index is 0.242. The Labute approximate surface area is 105 Å². The molecule has 0 spiro atoms. The molecule has 6 heteroatoms. The third kappa shape index (κ3) is 2.39. The van der Waals surface area contributed by atoms with Crippen molar-refractivity contribution in [3.05, 3.63) is 45.9 Å². The SMILES string of the molecule is NCc1sccc1-c1ccc(F)c(C(F)(F)F)c1. The van der Waals surface area contributed by atoms with Gasteiger partial charge in [0, 0.05) is 11.4 Å². The predicted octanol–water partition coefficient (Wildman–Crippen LogP) is 4.03. The Kier molecular flexibility index (Phi) is 3.41. The van der Waals surface area contributed by atoms with Gasteiger partial charge in [0.1, 0.15) is 5.82 Å². The Morgan fingerprint density at radius 3 is 2.50 bits per heavy atom. The van der Waals surface area contributed by atoms with Gasteiger partial charge in [0.15, 0.2) is 0 Å². The third-order valence-corrected chi connectivity index (χ3v) is 3.46. The quantitative estimate of drug-likeness (QED) is 0.823. The molecule has 2 aromatic rings. The summed E-state index contributed by atoms with van der Waals surface area (Å²) in [4.78, 5) is 0.773. The minimum Gasteiger partial charge on any atom is -0.326 e.